The highest BCUT2D eigenvalue weighted by Gasteiger charge is 2.24. The predicted molar refractivity (Wildman–Crippen MR) is 97.8 cm³/mol. The number of carbonyl (C=O) groups excluding carboxylic acids is 1. The summed E-state index contributed by atoms with van der Waals surface area (Å²) in [5.41, 5.74) is 6.62. The lowest BCUT2D eigenvalue weighted by atomic mass is 9.94. The van der Waals surface area contributed by atoms with E-state index in [1.165, 1.54) is 4.68 Å². The Morgan fingerprint density at radius 1 is 1.32 bits per heavy atom. The second kappa shape index (κ2) is 7.70. The number of nitrogens with zero attached hydrogens (tertiary/aromatic N) is 3. The van der Waals surface area contributed by atoms with Crippen molar-refractivity contribution >= 4 is 23.2 Å². The van der Waals surface area contributed by atoms with Crippen LogP contribution in [0.4, 0.5) is 5.69 Å². The molecule has 1 saturated heterocycles. The number of rotatable bonds is 5. The molecular formula is C18H21ClN4O2. The standard InChI is InChI=1S/C18H21ClN4O2/c19-17-15(22-8-4-7-14(11-22)9-16(20)24)10-21-23(18(17)25)12-13-5-2-1-3-6-13/h1-3,5-6,10,14H,4,7-9,11-12H2,(H2,20,24). The van der Waals surface area contributed by atoms with Gasteiger partial charge < -0.3 is 10.6 Å². The molecule has 1 atom stereocenters. The quantitative estimate of drug-likeness (QED) is 0.884. The van der Waals surface area contributed by atoms with Crippen molar-refractivity contribution < 1.29 is 4.79 Å². The largest absolute Gasteiger partial charge is 0.370 e. The van der Waals surface area contributed by atoms with E-state index >= 15 is 0 Å². The Bertz CT molecular complexity index is 806. The summed E-state index contributed by atoms with van der Waals surface area (Å²) in [5, 5.41) is 4.45. The SMILES string of the molecule is NC(=O)CC1CCCN(c2cnn(Cc3ccccc3)c(=O)c2Cl)C1. The van der Waals surface area contributed by atoms with Crippen LogP contribution in [0.5, 0.6) is 0 Å². The molecule has 1 amide bonds. The first-order valence-corrected chi connectivity index (χ1v) is 8.75. The number of carbonyl (C=O) groups is 1. The average molecular weight is 361 g/mol. The zero-order chi connectivity index (χ0) is 17.8. The summed E-state index contributed by atoms with van der Waals surface area (Å²) >= 11 is 6.34. The molecule has 25 heavy (non-hydrogen) atoms. The molecule has 0 bridgehead atoms. The topological polar surface area (TPSA) is 81.2 Å². The molecule has 0 spiro atoms. The van der Waals surface area contributed by atoms with Crippen molar-refractivity contribution in [1.82, 2.24) is 9.78 Å². The first-order valence-electron chi connectivity index (χ1n) is 8.37. The number of halogens is 1. The molecule has 1 unspecified atom stereocenters. The minimum Gasteiger partial charge on any atom is -0.370 e. The number of piperidine rings is 1. The molecule has 7 heteroatoms. The van der Waals surface area contributed by atoms with Crippen molar-refractivity contribution in [2.75, 3.05) is 18.0 Å². The summed E-state index contributed by atoms with van der Waals surface area (Å²) in [4.78, 5) is 25.8. The van der Waals surface area contributed by atoms with Crippen molar-refractivity contribution in [2.24, 2.45) is 11.7 Å². The highest BCUT2D eigenvalue weighted by Crippen LogP contribution is 2.28. The van der Waals surface area contributed by atoms with Crippen LogP contribution in [0.15, 0.2) is 41.3 Å². The van der Waals surface area contributed by atoms with Crippen molar-refractivity contribution in [3.05, 3.63) is 57.5 Å². The summed E-state index contributed by atoms with van der Waals surface area (Å²) in [6, 6.07) is 9.64. The van der Waals surface area contributed by atoms with E-state index in [1.54, 1.807) is 6.20 Å². The predicted octanol–water partition coefficient (Wildman–Crippen LogP) is 2.04. The van der Waals surface area contributed by atoms with Crippen molar-refractivity contribution in [3.8, 4) is 0 Å². The summed E-state index contributed by atoms with van der Waals surface area (Å²) in [6.45, 7) is 1.83. The fourth-order valence-corrected chi connectivity index (χ4v) is 3.55. The van der Waals surface area contributed by atoms with Crippen LogP contribution in [0.25, 0.3) is 0 Å². The first-order chi connectivity index (χ1) is 12.0. The van der Waals surface area contributed by atoms with Crippen LogP contribution in [0, 0.1) is 5.92 Å². The average Bonchev–Trinajstić information content (AvgIpc) is 2.60. The van der Waals surface area contributed by atoms with Gasteiger partial charge in [-0.15, -0.1) is 0 Å². The minimum absolute atomic E-state index is 0.172. The fraction of sp³-hybridized carbons (Fsp3) is 0.389. The Balaban J connectivity index is 1.80. The summed E-state index contributed by atoms with van der Waals surface area (Å²) in [7, 11) is 0. The molecule has 1 aliphatic rings. The lowest BCUT2D eigenvalue weighted by molar-refractivity contribution is -0.118. The van der Waals surface area contributed by atoms with E-state index in [-0.39, 0.29) is 22.4 Å². The molecule has 1 aromatic heterocycles. The molecule has 1 aromatic carbocycles. The van der Waals surface area contributed by atoms with Gasteiger partial charge in [-0.2, -0.15) is 5.10 Å². The highest BCUT2D eigenvalue weighted by atomic mass is 35.5. The molecule has 6 nitrogen and oxygen atoms in total. The molecule has 0 saturated carbocycles. The van der Waals surface area contributed by atoms with Gasteiger partial charge in [0.1, 0.15) is 5.02 Å². The van der Waals surface area contributed by atoms with Crippen molar-refractivity contribution in [1.29, 1.82) is 0 Å². The maximum absolute atomic E-state index is 12.6. The fourth-order valence-electron chi connectivity index (χ4n) is 3.28. The van der Waals surface area contributed by atoms with Gasteiger partial charge in [-0.05, 0) is 24.3 Å². The van der Waals surface area contributed by atoms with Gasteiger partial charge >= 0.3 is 0 Å². The van der Waals surface area contributed by atoms with Gasteiger partial charge in [0.25, 0.3) is 5.56 Å². The smallest absolute Gasteiger partial charge is 0.287 e. The zero-order valence-corrected chi connectivity index (χ0v) is 14.7. The molecule has 2 N–H and O–H groups in total. The van der Waals surface area contributed by atoms with E-state index in [2.05, 4.69) is 5.10 Å². The summed E-state index contributed by atoms with van der Waals surface area (Å²) in [5.74, 6) is -0.108. The number of benzene rings is 1. The number of nitrogens with two attached hydrogens (primary N) is 1. The van der Waals surface area contributed by atoms with E-state index in [9.17, 15) is 9.59 Å². The van der Waals surface area contributed by atoms with E-state index in [0.29, 0.717) is 25.2 Å². The zero-order valence-electron chi connectivity index (χ0n) is 13.9. The molecule has 0 radical (unpaired) electrons. The van der Waals surface area contributed by atoms with Gasteiger partial charge in [-0.3, -0.25) is 9.59 Å². The van der Waals surface area contributed by atoms with Crippen LogP contribution in [0.1, 0.15) is 24.8 Å². The lowest BCUT2D eigenvalue weighted by Crippen LogP contribution is -2.38. The van der Waals surface area contributed by atoms with Gasteiger partial charge in [-0.25, -0.2) is 4.68 Å². The third-order valence-electron chi connectivity index (χ3n) is 4.49. The van der Waals surface area contributed by atoms with Gasteiger partial charge in [0.2, 0.25) is 5.91 Å². The number of primary amides is 1. The van der Waals surface area contributed by atoms with Crippen LogP contribution in [0.2, 0.25) is 5.02 Å². The van der Waals surface area contributed by atoms with Gasteiger partial charge in [-0.1, -0.05) is 41.9 Å². The summed E-state index contributed by atoms with van der Waals surface area (Å²) < 4.78 is 1.37. The minimum atomic E-state index is -0.306. The Morgan fingerprint density at radius 3 is 2.80 bits per heavy atom. The monoisotopic (exact) mass is 360 g/mol. The molecule has 0 aliphatic carbocycles. The van der Waals surface area contributed by atoms with Crippen LogP contribution in [0.3, 0.4) is 0 Å². The Hall–Kier alpha value is -2.34. The van der Waals surface area contributed by atoms with E-state index < -0.39 is 0 Å². The molecule has 1 fully saturated rings. The van der Waals surface area contributed by atoms with E-state index in [1.807, 2.05) is 35.2 Å². The number of anilines is 1. The second-order valence-corrected chi connectivity index (χ2v) is 6.79. The maximum Gasteiger partial charge on any atom is 0.287 e. The maximum atomic E-state index is 12.6. The number of amides is 1. The van der Waals surface area contributed by atoms with Crippen LogP contribution >= 0.6 is 11.6 Å². The van der Waals surface area contributed by atoms with Gasteiger partial charge in [0, 0.05) is 19.5 Å². The highest BCUT2D eigenvalue weighted by molar-refractivity contribution is 6.33. The van der Waals surface area contributed by atoms with E-state index in [0.717, 1.165) is 24.9 Å². The third kappa shape index (κ3) is 4.20. The second-order valence-electron chi connectivity index (χ2n) is 6.42. The van der Waals surface area contributed by atoms with Gasteiger partial charge in [0.05, 0.1) is 18.4 Å². The molecule has 3 rings (SSSR count). The number of hydrogen-bond acceptors (Lipinski definition) is 4. The van der Waals surface area contributed by atoms with Crippen LogP contribution < -0.4 is 16.2 Å². The van der Waals surface area contributed by atoms with Crippen molar-refractivity contribution in [3.63, 3.8) is 0 Å². The van der Waals surface area contributed by atoms with Crippen LogP contribution in [-0.4, -0.2) is 28.8 Å². The molecule has 2 aromatic rings. The van der Waals surface area contributed by atoms with Gasteiger partial charge in [0.15, 0.2) is 0 Å². The lowest BCUT2D eigenvalue weighted by Gasteiger charge is -2.34. The summed E-state index contributed by atoms with van der Waals surface area (Å²) in [6.07, 6.45) is 3.88. The Kier molecular flexibility index (Phi) is 5.38. The van der Waals surface area contributed by atoms with Crippen LogP contribution in [-0.2, 0) is 11.3 Å². The third-order valence-corrected chi connectivity index (χ3v) is 4.85. The van der Waals surface area contributed by atoms with Crippen molar-refractivity contribution in [2.45, 2.75) is 25.8 Å². The molecule has 1 aliphatic heterocycles. The number of aromatic nitrogens is 2. The Labute approximate surface area is 151 Å². The normalized spacial score (nSPS) is 17.5. The first kappa shape index (κ1) is 17.5. The molecular weight excluding hydrogens is 340 g/mol. The number of hydrogen-bond donors (Lipinski definition) is 1. The van der Waals surface area contributed by atoms with E-state index in [4.69, 9.17) is 17.3 Å². The molecule has 132 valence electrons. The Morgan fingerprint density at radius 2 is 2.08 bits per heavy atom. The molecule has 2 heterocycles.